The molecule has 71 valence electrons. The summed E-state index contributed by atoms with van der Waals surface area (Å²) in [5, 5.41) is 9.77. The Hall–Kier alpha value is -0.340. The Bertz CT molecular complexity index is 260. The first-order chi connectivity index (χ1) is 6.25. The van der Waals surface area contributed by atoms with Crippen LogP contribution in [0, 0.1) is 6.92 Å². The van der Waals surface area contributed by atoms with E-state index in [0.29, 0.717) is 0 Å². The molecule has 0 bridgehead atoms. The van der Waals surface area contributed by atoms with E-state index in [1.165, 1.54) is 0 Å². The van der Waals surface area contributed by atoms with Gasteiger partial charge in [-0.25, -0.2) is 0 Å². The van der Waals surface area contributed by atoms with Gasteiger partial charge in [-0.3, -0.25) is 0 Å². The van der Waals surface area contributed by atoms with Crippen LogP contribution in [0.5, 0.6) is 0 Å². The molecule has 0 saturated carbocycles. The molecule has 0 aliphatic carbocycles. The molecule has 1 rings (SSSR count). The number of halogens is 1. The Balaban J connectivity index is 2.65. The molecule has 1 aromatic carbocycles. The fourth-order valence-corrected chi connectivity index (χ4v) is 1.79. The predicted octanol–water partition coefficient (Wildman–Crippen LogP) is 3.49. The highest BCUT2D eigenvalue weighted by atomic mass is 79.9. The van der Waals surface area contributed by atoms with Gasteiger partial charge in [-0.15, -0.1) is 0 Å². The van der Waals surface area contributed by atoms with Gasteiger partial charge in [0.05, 0.1) is 6.10 Å². The molecule has 1 aromatic rings. The zero-order chi connectivity index (χ0) is 9.68. The fourth-order valence-electron chi connectivity index (χ4n) is 1.24. The van der Waals surface area contributed by atoms with Crippen molar-refractivity contribution >= 4 is 15.9 Å². The van der Waals surface area contributed by atoms with Crippen molar-refractivity contribution in [1.82, 2.24) is 0 Å². The summed E-state index contributed by atoms with van der Waals surface area (Å²) < 4.78 is 0.978. The Morgan fingerprint density at radius 1 is 1.38 bits per heavy atom. The minimum atomic E-state index is -0.364. The predicted molar refractivity (Wildman–Crippen MR) is 58.3 cm³/mol. The van der Waals surface area contributed by atoms with E-state index in [0.717, 1.165) is 29.3 Å². The smallest absolute Gasteiger partial charge is 0.0800 e. The highest BCUT2D eigenvalue weighted by molar-refractivity contribution is 9.10. The van der Waals surface area contributed by atoms with Gasteiger partial charge in [-0.1, -0.05) is 53.9 Å². The van der Waals surface area contributed by atoms with E-state index in [1.54, 1.807) is 0 Å². The van der Waals surface area contributed by atoms with Gasteiger partial charge in [0.15, 0.2) is 0 Å². The molecule has 0 aromatic heterocycles. The van der Waals surface area contributed by atoms with Crippen LogP contribution in [-0.2, 0) is 0 Å². The number of unbranched alkanes of at least 4 members (excludes halogenated alkanes) is 1. The van der Waals surface area contributed by atoms with E-state index in [9.17, 15) is 5.11 Å². The topological polar surface area (TPSA) is 20.2 Å². The molecule has 1 unspecified atom stereocenters. The quantitative estimate of drug-likeness (QED) is 0.856. The van der Waals surface area contributed by atoms with Gasteiger partial charge in [0.25, 0.3) is 0 Å². The van der Waals surface area contributed by atoms with Crippen LogP contribution in [-0.4, -0.2) is 5.11 Å². The van der Waals surface area contributed by atoms with Crippen LogP contribution in [0.4, 0.5) is 0 Å². The van der Waals surface area contributed by atoms with E-state index < -0.39 is 0 Å². The van der Waals surface area contributed by atoms with E-state index in [-0.39, 0.29) is 6.10 Å². The molecule has 1 N–H and O–H groups in total. The number of rotatable bonds is 4. The summed E-state index contributed by atoms with van der Waals surface area (Å²) in [5.41, 5.74) is 0.968. The van der Waals surface area contributed by atoms with Crippen molar-refractivity contribution in [2.24, 2.45) is 0 Å². The summed E-state index contributed by atoms with van der Waals surface area (Å²) in [7, 11) is 0. The molecule has 0 aliphatic heterocycles. The lowest BCUT2D eigenvalue weighted by molar-refractivity contribution is 0.164. The van der Waals surface area contributed by atoms with Crippen molar-refractivity contribution in [2.45, 2.75) is 25.4 Å². The minimum absolute atomic E-state index is 0.364. The summed E-state index contributed by atoms with van der Waals surface area (Å²) in [4.78, 5) is 0. The van der Waals surface area contributed by atoms with Gasteiger partial charge in [-0.05, 0) is 18.1 Å². The molecule has 13 heavy (non-hydrogen) atoms. The first kappa shape index (κ1) is 10.7. The van der Waals surface area contributed by atoms with Crippen LogP contribution in [0.2, 0.25) is 0 Å². The van der Waals surface area contributed by atoms with Gasteiger partial charge < -0.3 is 5.11 Å². The Morgan fingerprint density at radius 2 is 2.08 bits per heavy atom. The Labute approximate surface area is 87.9 Å². The van der Waals surface area contributed by atoms with E-state index >= 15 is 0 Å². The largest absolute Gasteiger partial charge is 0.388 e. The van der Waals surface area contributed by atoms with Gasteiger partial charge >= 0.3 is 0 Å². The van der Waals surface area contributed by atoms with Crippen LogP contribution in [0.15, 0.2) is 28.7 Å². The van der Waals surface area contributed by atoms with Gasteiger partial charge in [0, 0.05) is 4.47 Å². The van der Waals surface area contributed by atoms with E-state index in [4.69, 9.17) is 0 Å². The number of hydrogen-bond acceptors (Lipinski definition) is 1. The third-order valence-corrected chi connectivity index (χ3v) is 2.71. The lowest BCUT2D eigenvalue weighted by atomic mass is 10.0. The number of aliphatic hydroxyl groups excluding tert-OH is 1. The normalized spacial score (nSPS) is 12.8. The van der Waals surface area contributed by atoms with Gasteiger partial charge in [0.2, 0.25) is 0 Å². The molecular formula is C11H14BrO. The standard InChI is InChI=1S/C11H14BrO/c1-2-3-8-11(13)9-6-4-5-7-10(9)12/h4-7,11,13H,1-3,8H2. The zero-order valence-corrected chi connectivity index (χ0v) is 9.13. The number of hydrogen-bond donors (Lipinski definition) is 1. The van der Waals surface area contributed by atoms with E-state index in [2.05, 4.69) is 22.9 Å². The Morgan fingerprint density at radius 3 is 2.69 bits per heavy atom. The van der Waals surface area contributed by atoms with Crippen LogP contribution in [0.25, 0.3) is 0 Å². The molecule has 0 aliphatic rings. The Kier molecular flexibility index (Phi) is 4.46. The second-order valence-electron chi connectivity index (χ2n) is 3.03. The maximum absolute atomic E-state index is 9.77. The van der Waals surface area contributed by atoms with Crippen molar-refractivity contribution in [3.05, 3.63) is 41.2 Å². The molecule has 1 nitrogen and oxygen atoms in total. The molecule has 1 atom stereocenters. The minimum Gasteiger partial charge on any atom is -0.388 e. The van der Waals surface area contributed by atoms with E-state index in [1.807, 2.05) is 24.3 Å². The first-order valence-electron chi connectivity index (χ1n) is 4.47. The molecular weight excluding hydrogens is 228 g/mol. The average Bonchev–Trinajstić information content (AvgIpc) is 2.15. The monoisotopic (exact) mass is 241 g/mol. The first-order valence-corrected chi connectivity index (χ1v) is 5.26. The maximum atomic E-state index is 9.77. The lowest BCUT2D eigenvalue weighted by Crippen LogP contribution is -1.97. The summed E-state index contributed by atoms with van der Waals surface area (Å²) in [6, 6.07) is 7.77. The molecule has 0 fully saturated rings. The summed E-state index contributed by atoms with van der Waals surface area (Å²) in [6.07, 6.45) is 2.26. The summed E-state index contributed by atoms with van der Waals surface area (Å²) >= 11 is 3.41. The van der Waals surface area contributed by atoms with Gasteiger partial charge in [-0.2, -0.15) is 0 Å². The fraction of sp³-hybridized carbons (Fsp3) is 0.364. The highest BCUT2D eigenvalue weighted by Crippen LogP contribution is 2.26. The van der Waals surface area contributed by atoms with Crippen molar-refractivity contribution in [3.8, 4) is 0 Å². The number of aliphatic hydroxyl groups is 1. The van der Waals surface area contributed by atoms with Crippen LogP contribution in [0.3, 0.4) is 0 Å². The summed E-state index contributed by atoms with van der Waals surface area (Å²) in [5.74, 6) is 0. The van der Waals surface area contributed by atoms with Gasteiger partial charge in [0.1, 0.15) is 0 Å². The zero-order valence-electron chi connectivity index (χ0n) is 7.54. The average molecular weight is 242 g/mol. The molecule has 0 spiro atoms. The SMILES string of the molecule is [CH2]CCCC(O)c1ccccc1Br. The molecule has 2 heteroatoms. The lowest BCUT2D eigenvalue weighted by Gasteiger charge is -2.11. The second kappa shape index (κ2) is 5.40. The molecule has 0 amide bonds. The summed E-state index contributed by atoms with van der Waals surface area (Å²) in [6.45, 7) is 3.75. The number of benzene rings is 1. The van der Waals surface area contributed by atoms with Crippen molar-refractivity contribution in [1.29, 1.82) is 0 Å². The molecule has 0 heterocycles. The van der Waals surface area contributed by atoms with Crippen molar-refractivity contribution < 1.29 is 5.11 Å². The molecule has 0 saturated heterocycles. The highest BCUT2D eigenvalue weighted by Gasteiger charge is 2.09. The van der Waals surface area contributed by atoms with Crippen LogP contribution >= 0.6 is 15.9 Å². The van der Waals surface area contributed by atoms with Crippen molar-refractivity contribution in [3.63, 3.8) is 0 Å². The second-order valence-corrected chi connectivity index (χ2v) is 3.89. The molecule has 1 radical (unpaired) electrons. The maximum Gasteiger partial charge on any atom is 0.0800 e. The van der Waals surface area contributed by atoms with Crippen molar-refractivity contribution in [2.75, 3.05) is 0 Å². The third-order valence-electron chi connectivity index (χ3n) is 1.99. The van der Waals surface area contributed by atoms with Crippen LogP contribution in [0.1, 0.15) is 30.9 Å². The van der Waals surface area contributed by atoms with Crippen LogP contribution < -0.4 is 0 Å². The third kappa shape index (κ3) is 3.12.